The second-order valence-electron chi connectivity index (χ2n) is 4.05. The third-order valence-electron chi connectivity index (χ3n) is 2.61. The lowest BCUT2D eigenvalue weighted by Gasteiger charge is -2.08. The average Bonchev–Trinajstić information content (AvgIpc) is 2.91. The van der Waals surface area contributed by atoms with Gasteiger partial charge in [-0.25, -0.2) is 0 Å². The van der Waals surface area contributed by atoms with Crippen LogP contribution in [0.3, 0.4) is 0 Å². The largest absolute Gasteiger partial charge is 0.416 e. The zero-order chi connectivity index (χ0) is 14.6. The number of benzene rings is 1. The summed E-state index contributed by atoms with van der Waals surface area (Å²) < 4.78 is 37.1. The van der Waals surface area contributed by atoms with Gasteiger partial charge in [0.05, 0.1) is 11.1 Å². The van der Waals surface area contributed by atoms with Gasteiger partial charge in [0, 0.05) is 29.6 Å². The third-order valence-corrected chi connectivity index (χ3v) is 3.45. The van der Waals surface area contributed by atoms with Gasteiger partial charge in [-0.2, -0.15) is 13.2 Å². The van der Waals surface area contributed by atoms with Crippen LogP contribution < -0.4 is 5.32 Å². The van der Waals surface area contributed by atoms with Gasteiger partial charge in [-0.3, -0.25) is 9.78 Å². The Labute approximate surface area is 117 Å². The Hall–Kier alpha value is -1.89. The van der Waals surface area contributed by atoms with E-state index in [-0.39, 0.29) is 11.5 Å². The number of carbonyl (C=O) groups is 1. The lowest BCUT2D eigenvalue weighted by Crippen LogP contribution is -2.25. The molecule has 0 bridgehead atoms. The van der Waals surface area contributed by atoms with Crippen LogP contribution in [0.1, 0.15) is 20.8 Å². The monoisotopic (exact) mass is 300 g/mol. The number of hydrogen-bond donors (Lipinski definition) is 1. The van der Waals surface area contributed by atoms with Gasteiger partial charge < -0.3 is 5.32 Å². The summed E-state index contributed by atoms with van der Waals surface area (Å²) in [5, 5.41) is 2.65. The van der Waals surface area contributed by atoms with E-state index in [1.807, 2.05) is 0 Å². The zero-order valence-electron chi connectivity index (χ0n) is 10.3. The first kappa shape index (κ1) is 14.5. The Kier molecular flexibility index (Phi) is 4.39. The molecule has 0 unspecified atom stereocenters. The number of carbonyl (C=O) groups excluding carboxylic acids is 1. The van der Waals surface area contributed by atoms with E-state index in [9.17, 15) is 18.0 Å². The predicted molar refractivity (Wildman–Crippen MR) is 69.6 cm³/mol. The van der Waals surface area contributed by atoms with Crippen LogP contribution in [0.25, 0.3) is 0 Å². The topological polar surface area (TPSA) is 42.0 Å². The number of aromatic nitrogens is 1. The van der Waals surface area contributed by atoms with Crippen LogP contribution in [0.2, 0.25) is 0 Å². The van der Waals surface area contributed by atoms with Crippen molar-refractivity contribution >= 4 is 17.2 Å². The maximum Gasteiger partial charge on any atom is 0.416 e. The number of halogens is 3. The molecule has 1 amide bonds. The standard InChI is InChI=1S/C13H11F3N2OS/c14-13(15,16)10-3-1-9(2-4-10)12(19)18-6-5-11-7-17-8-20-11/h1-4,7-8H,5-6H2,(H,18,19). The zero-order valence-corrected chi connectivity index (χ0v) is 11.1. The third kappa shape index (κ3) is 3.80. The highest BCUT2D eigenvalue weighted by atomic mass is 32.1. The van der Waals surface area contributed by atoms with Crippen molar-refractivity contribution in [2.45, 2.75) is 12.6 Å². The second kappa shape index (κ2) is 6.04. The Morgan fingerprint density at radius 3 is 2.50 bits per heavy atom. The van der Waals surface area contributed by atoms with E-state index in [0.717, 1.165) is 17.0 Å². The summed E-state index contributed by atoms with van der Waals surface area (Å²) in [6.45, 7) is 0.419. The van der Waals surface area contributed by atoms with Crippen LogP contribution in [-0.2, 0) is 12.6 Å². The number of alkyl halides is 3. The van der Waals surface area contributed by atoms with Crippen LogP contribution >= 0.6 is 11.3 Å². The van der Waals surface area contributed by atoms with Crippen molar-refractivity contribution in [3.63, 3.8) is 0 Å². The maximum atomic E-state index is 12.4. The van der Waals surface area contributed by atoms with E-state index in [1.54, 1.807) is 11.7 Å². The van der Waals surface area contributed by atoms with Crippen molar-refractivity contribution in [1.29, 1.82) is 0 Å². The van der Waals surface area contributed by atoms with E-state index >= 15 is 0 Å². The molecular weight excluding hydrogens is 289 g/mol. The molecule has 1 N–H and O–H groups in total. The summed E-state index contributed by atoms with van der Waals surface area (Å²) in [5.41, 5.74) is 1.15. The first-order valence-corrected chi connectivity index (χ1v) is 6.67. The molecule has 2 rings (SSSR count). The molecule has 20 heavy (non-hydrogen) atoms. The molecular formula is C13H11F3N2OS. The number of amides is 1. The lowest BCUT2D eigenvalue weighted by atomic mass is 10.1. The second-order valence-corrected chi connectivity index (χ2v) is 5.02. The first-order valence-electron chi connectivity index (χ1n) is 5.79. The van der Waals surface area contributed by atoms with E-state index in [2.05, 4.69) is 10.3 Å². The molecule has 1 aromatic carbocycles. The molecule has 1 aromatic heterocycles. The van der Waals surface area contributed by atoms with Gasteiger partial charge in [0.2, 0.25) is 0 Å². The van der Waals surface area contributed by atoms with Gasteiger partial charge in [-0.15, -0.1) is 11.3 Å². The van der Waals surface area contributed by atoms with Crippen LogP contribution in [0, 0.1) is 0 Å². The molecule has 0 saturated carbocycles. The van der Waals surface area contributed by atoms with Crippen LogP contribution in [-0.4, -0.2) is 17.4 Å². The summed E-state index contributed by atoms with van der Waals surface area (Å²) >= 11 is 1.49. The Morgan fingerprint density at radius 2 is 1.95 bits per heavy atom. The Balaban J connectivity index is 1.89. The van der Waals surface area contributed by atoms with Crippen molar-refractivity contribution in [2.24, 2.45) is 0 Å². The molecule has 7 heteroatoms. The fourth-order valence-electron chi connectivity index (χ4n) is 1.58. The van der Waals surface area contributed by atoms with Crippen molar-refractivity contribution in [1.82, 2.24) is 10.3 Å². The lowest BCUT2D eigenvalue weighted by molar-refractivity contribution is -0.137. The van der Waals surface area contributed by atoms with Gasteiger partial charge in [-0.05, 0) is 24.3 Å². The molecule has 0 fully saturated rings. The van der Waals surface area contributed by atoms with Gasteiger partial charge in [0.15, 0.2) is 0 Å². The van der Waals surface area contributed by atoms with Gasteiger partial charge in [0.25, 0.3) is 5.91 Å². The summed E-state index contributed by atoms with van der Waals surface area (Å²) in [6, 6.07) is 4.14. The highest BCUT2D eigenvalue weighted by Gasteiger charge is 2.30. The number of nitrogens with zero attached hydrogens (tertiary/aromatic N) is 1. The van der Waals surface area contributed by atoms with Gasteiger partial charge >= 0.3 is 6.18 Å². The van der Waals surface area contributed by atoms with Crippen molar-refractivity contribution < 1.29 is 18.0 Å². The minimum atomic E-state index is -4.39. The molecule has 0 radical (unpaired) electrons. The molecule has 2 aromatic rings. The molecule has 0 aliphatic rings. The maximum absolute atomic E-state index is 12.4. The molecule has 0 aliphatic carbocycles. The summed E-state index contributed by atoms with van der Waals surface area (Å²) in [7, 11) is 0. The number of rotatable bonds is 4. The molecule has 0 aliphatic heterocycles. The van der Waals surface area contributed by atoms with Gasteiger partial charge in [0.1, 0.15) is 0 Å². The predicted octanol–water partition coefficient (Wildman–Crippen LogP) is 3.13. The molecule has 0 atom stereocenters. The molecule has 0 saturated heterocycles. The highest BCUT2D eigenvalue weighted by molar-refractivity contribution is 7.09. The Morgan fingerprint density at radius 1 is 1.25 bits per heavy atom. The fraction of sp³-hybridized carbons (Fsp3) is 0.231. The van der Waals surface area contributed by atoms with Crippen LogP contribution in [0.4, 0.5) is 13.2 Å². The smallest absolute Gasteiger partial charge is 0.352 e. The van der Waals surface area contributed by atoms with Crippen LogP contribution in [0.15, 0.2) is 36.0 Å². The number of nitrogens with one attached hydrogen (secondary N) is 1. The summed E-state index contributed by atoms with van der Waals surface area (Å²) in [4.78, 5) is 16.7. The molecule has 1 heterocycles. The van der Waals surface area contributed by atoms with Crippen molar-refractivity contribution in [3.05, 3.63) is 52.0 Å². The van der Waals surface area contributed by atoms with E-state index in [0.29, 0.717) is 13.0 Å². The van der Waals surface area contributed by atoms with E-state index in [4.69, 9.17) is 0 Å². The molecule has 0 spiro atoms. The van der Waals surface area contributed by atoms with E-state index in [1.165, 1.54) is 23.5 Å². The van der Waals surface area contributed by atoms with Crippen LogP contribution in [0.5, 0.6) is 0 Å². The van der Waals surface area contributed by atoms with E-state index < -0.39 is 11.7 Å². The highest BCUT2D eigenvalue weighted by Crippen LogP contribution is 2.29. The summed E-state index contributed by atoms with van der Waals surface area (Å²) in [6.07, 6.45) is -2.02. The number of thiazole rings is 1. The normalized spacial score (nSPS) is 11.3. The SMILES string of the molecule is O=C(NCCc1cncs1)c1ccc(C(F)(F)F)cc1. The first-order chi connectivity index (χ1) is 9.47. The molecule has 106 valence electrons. The van der Waals surface area contributed by atoms with Crippen molar-refractivity contribution in [2.75, 3.05) is 6.54 Å². The van der Waals surface area contributed by atoms with Crippen molar-refractivity contribution in [3.8, 4) is 0 Å². The fourth-order valence-corrected chi connectivity index (χ4v) is 2.18. The molecule has 3 nitrogen and oxygen atoms in total. The number of hydrogen-bond acceptors (Lipinski definition) is 3. The minimum Gasteiger partial charge on any atom is -0.352 e. The minimum absolute atomic E-state index is 0.210. The average molecular weight is 300 g/mol. The summed E-state index contributed by atoms with van der Waals surface area (Å²) in [5.74, 6) is -0.386. The quantitative estimate of drug-likeness (QED) is 0.942. The van der Waals surface area contributed by atoms with Gasteiger partial charge in [-0.1, -0.05) is 0 Å². The Bertz CT molecular complexity index is 564.